The first-order chi connectivity index (χ1) is 7.16. The molecule has 1 aliphatic heterocycles. The van der Waals surface area contributed by atoms with Crippen molar-refractivity contribution in [2.45, 2.75) is 18.4 Å². The molecule has 1 aliphatic rings. The molecular formula is C11H10BrClO2. The van der Waals surface area contributed by atoms with Crippen molar-refractivity contribution in [2.75, 3.05) is 5.88 Å². The summed E-state index contributed by atoms with van der Waals surface area (Å²) in [6.45, 7) is 0. The molecule has 1 unspecified atom stereocenters. The Morgan fingerprint density at radius 2 is 2.07 bits per heavy atom. The third-order valence-corrected chi connectivity index (χ3v) is 3.59. The molecule has 0 radical (unpaired) electrons. The van der Waals surface area contributed by atoms with Crippen LogP contribution >= 0.6 is 27.5 Å². The Bertz CT molecular complexity index is 377. The van der Waals surface area contributed by atoms with Gasteiger partial charge in [0.25, 0.3) is 0 Å². The van der Waals surface area contributed by atoms with Gasteiger partial charge < -0.3 is 4.74 Å². The van der Waals surface area contributed by atoms with E-state index in [0.717, 1.165) is 10.0 Å². The average Bonchev–Trinajstić information content (AvgIpc) is 2.62. The maximum atomic E-state index is 11.2. The number of ether oxygens (including phenoxy) is 1. The van der Waals surface area contributed by atoms with E-state index >= 15 is 0 Å². The highest BCUT2D eigenvalue weighted by Crippen LogP contribution is 2.38. The van der Waals surface area contributed by atoms with Crippen molar-refractivity contribution < 1.29 is 9.53 Å². The second-order valence-electron chi connectivity index (χ2n) is 3.61. The van der Waals surface area contributed by atoms with Crippen molar-refractivity contribution in [1.82, 2.24) is 0 Å². The van der Waals surface area contributed by atoms with Gasteiger partial charge in [0.15, 0.2) is 5.60 Å². The predicted octanol–water partition coefficient (Wildman–Crippen LogP) is 3.22. The molecule has 1 aromatic rings. The number of hydrogen-bond donors (Lipinski definition) is 0. The van der Waals surface area contributed by atoms with Crippen LogP contribution in [0, 0.1) is 0 Å². The maximum absolute atomic E-state index is 11.2. The molecule has 0 saturated carbocycles. The second kappa shape index (κ2) is 4.14. The molecule has 1 saturated heterocycles. The molecule has 0 spiro atoms. The molecule has 80 valence electrons. The number of carbonyl (C=O) groups is 1. The summed E-state index contributed by atoms with van der Waals surface area (Å²) >= 11 is 9.28. The summed E-state index contributed by atoms with van der Waals surface area (Å²) in [5.41, 5.74) is 0.353. The van der Waals surface area contributed by atoms with Crippen LogP contribution in [0.25, 0.3) is 0 Å². The largest absolute Gasteiger partial charge is 0.453 e. The van der Waals surface area contributed by atoms with Gasteiger partial charge in [-0.25, -0.2) is 0 Å². The Morgan fingerprint density at radius 1 is 1.40 bits per heavy atom. The lowest BCUT2D eigenvalue weighted by Gasteiger charge is -2.25. The first kappa shape index (κ1) is 11.0. The fourth-order valence-electron chi connectivity index (χ4n) is 1.75. The van der Waals surface area contributed by atoms with Crippen LogP contribution in [0.5, 0.6) is 0 Å². The smallest absolute Gasteiger partial charge is 0.306 e. The molecule has 1 heterocycles. The Hall–Kier alpha value is -0.540. The van der Waals surface area contributed by atoms with Gasteiger partial charge in [-0.1, -0.05) is 28.1 Å². The Morgan fingerprint density at radius 3 is 2.53 bits per heavy atom. The fourth-order valence-corrected chi connectivity index (χ4v) is 2.36. The lowest BCUT2D eigenvalue weighted by molar-refractivity contribution is -0.147. The molecule has 4 heteroatoms. The van der Waals surface area contributed by atoms with Gasteiger partial charge in [0.1, 0.15) is 0 Å². The van der Waals surface area contributed by atoms with Crippen molar-refractivity contribution in [3.63, 3.8) is 0 Å². The number of halogens is 2. The molecule has 1 aromatic carbocycles. The standard InChI is InChI=1S/C11H10BrClO2/c12-9-3-1-8(2-4-9)11(7-13)6-5-10(14)15-11/h1-4H,5-7H2. The van der Waals surface area contributed by atoms with E-state index in [9.17, 15) is 4.79 Å². The lowest BCUT2D eigenvalue weighted by Crippen LogP contribution is -2.27. The van der Waals surface area contributed by atoms with Crippen LogP contribution in [-0.4, -0.2) is 11.8 Å². The van der Waals surface area contributed by atoms with E-state index in [-0.39, 0.29) is 5.97 Å². The zero-order valence-electron chi connectivity index (χ0n) is 8.00. The van der Waals surface area contributed by atoms with Crippen molar-refractivity contribution >= 4 is 33.5 Å². The van der Waals surface area contributed by atoms with Crippen LogP contribution in [0.4, 0.5) is 0 Å². The Kier molecular flexibility index (Phi) is 3.03. The molecule has 2 nitrogen and oxygen atoms in total. The first-order valence-electron chi connectivity index (χ1n) is 4.70. The van der Waals surface area contributed by atoms with Crippen LogP contribution < -0.4 is 0 Å². The summed E-state index contributed by atoms with van der Waals surface area (Å²) in [7, 11) is 0. The lowest BCUT2D eigenvalue weighted by atomic mass is 9.93. The molecule has 0 aromatic heterocycles. The number of alkyl halides is 1. The van der Waals surface area contributed by atoms with E-state index < -0.39 is 5.60 Å². The van der Waals surface area contributed by atoms with E-state index in [2.05, 4.69) is 15.9 Å². The van der Waals surface area contributed by atoms with Gasteiger partial charge in [-0.15, -0.1) is 11.6 Å². The summed E-state index contributed by atoms with van der Waals surface area (Å²) in [5, 5.41) is 0. The summed E-state index contributed by atoms with van der Waals surface area (Å²) in [4.78, 5) is 11.2. The van der Waals surface area contributed by atoms with Gasteiger partial charge in [-0.05, 0) is 17.7 Å². The fraction of sp³-hybridized carbons (Fsp3) is 0.364. The minimum Gasteiger partial charge on any atom is -0.453 e. The van der Waals surface area contributed by atoms with Gasteiger partial charge >= 0.3 is 5.97 Å². The quantitative estimate of drug-likeness (QED) is 0.617. The summed E-state index contributed by atoms with van der Waals surface area (Å²) < 4.78 is 6.34. The molecule has 1 fully saturated rings. The van der Waals surface area contributed by atoms with Gasteiger partial charge in [0, 0.05) is 17.3 Å². The third kappa shape index (κ3) is 2.04. The van der Waals surface area contributed by atoms with Crippen molar-refractivity contribution in [2.24, 2.45) is 0 Å². The SMILES string of the molecule is O=C1CCC(CCl)(c2ccc(Br)cc2)O1. The van der Waals surface area contributed by atoms with Crippen LogP contribution in [-0.2, 0) is 15.1 Å². The van der Waals surface area contributed by atoms with E-state index in [1.165, 1.54) is 0 Å². The van der Waals surface area contributed by atoms with Gasteiger partial charge in [-0.2, -0.15) is 0 Å². The molecule has 0 bridgehead atoms. The van der Waals surface area contributed by atoms with E-state index in [1.54, 1.807) is 0 Å². The first-order valence-corrected chi connectivity index (χ1v) is 6.03. The molecule has 0 amide bonds. The molecule has 2 rings (SSSR count). The monoisotopic (exact) mass is 288 g/mol. The minimum absolute atomic E-state index is 0.168. The summed E-state index contributed by atoms with van der Waals surface area (Å²) in [6, 6.07) is 7.72. The minimum atomic E-state index is -0.612. The van der Waals surface area contributed by atoms with Crippen LogP contribution in [0.1, 0.15) is 18.4 Å². The zero-order valence-corrected chi connectivity index (χ0v) is 10.3. The number of cyclic esters (lactones) is 1. The predicted molar refractivity (Wildman–Crippen MR) is 61.9 cm³/mol. The van der Waals surface area contributed by atoms with Gasteiger partial charge in [0.05, 0.1) is 5.88 Å². The van der Waals surface area contributed by atoms with Gasteiger partial charge in [0.2, 0.25) is 0 Å². The Balaban J connectivity index is 2.34. The van der Waals surface area contributed by atoms with E-state index in [4.69, 9.17) is 16.3 Å². The molecular weight excluding hydrogens is 279 g/mol. The molecule has 15 heavy (non-hydrogen) atoms. The average molecular weight is 290 g/mol. The van der Waals surface area contributed by atoms with Crippen molar-refractivity contribution in [1.29, 1.82) is 0 Å². The number of esters is 1. The number of rotatable bonds is 2. The van der Waals surface area contributed by atoms with E-state index in [0.29, 0.717) is 18.7 Å². The topological polar surface area (TPSA) is 26.3 Å². The van der Waals surface area contributed by atoms with Crippen LogP contribution in [0.3, 0.4) is 0 Å². The molecule has 1 atom stereocenters. The highest BCUT2D eigenvalue weighted by molar-refractivity contribution is 9.10. The maximum Gasteiger partial charge on any atom is 0.306 e. The molecule has 0 aliphatic carbocycles. The number of carbonyl (C=O) groups excluding carboxylic acids is 1. The second-order valence-corrected chi connectivity index (χ2v) is 4.79. The zero-order chi connectivity index (χ0) is 10.9. The van der Waals surface area contributed by atoms with Crippen LogP contribution in [0.15, 0.2) is 28.7 Å². The summed E-state index contributed by atoms with van der Waals surface area (Å²) in [6.07, 6.45) is 1.11. The third-order valence-electron chi connectivity index (χ3n) is 2.63. The van der Waals surface area contributed by atoms with Gasteiger partial charge in [-0.3, -0.25) is 4.79 Å². The number of benzene rings is 1. The van der Waals surface area contributed by atoms with E-state index in [1.807, 2.05) is 24.3 Å². The van der Waals surface area contributed by atoms with Crippen LogP contribution in [0.2, 0.25) is 0 Å². The van der Waals surface area contributed by atoms with Crippen molar-refractivity contribution in [3.05, 3.63) is 34.3 Å². The molecule has 0 N–H and O–H groups in total. The van der Waals surface area contributed by atoms with Crippen molar-refractivity contribution in [3.8, 4) is 0 Å². The summed E-state index contributed by atoms with van der Waals surface area (Å²) in [5.74, 6) is 0.138. The number of hydrogen-bond acceptors (Lipinski definition) is 2. The Labute approximate surface area is 102 Å². The highest BCUT2D eigenvalue weighted by atomic mass is 79.9. The highest BCUT2D eigenvalue weighted by Gasteiger charge is 2.41. The normalized spacial score (nSPS) is 25.3.